The lowest BCUT2D eigenvalue weighted by atomic mass is 10.0. The van der Waals surface area contributed by atoms with Gasteiger partial charge in [-0.15, -0.1) is 0 Å². The van der Waals surface area contributed by atoms with Crippen molar-refractivity contribution in [3.63, 3.8) is 0 Å². The quantitative estimate of drug-likeness (QED) is 0.524. The number of nitrogens with two attached hydrogens (primary N) is 1. The van der Waals surface area contributed by atoms with Crippen LogP contribution in [0.25, 0.3) is 0 Å². The van der Waals surface area contributed by atoms with E-state index < -0.39 is 52.4 Å². The van der Waals surface area contributed by atoms with Crippen molar-refractivity contribution in [2.24, 2.45) is 5.73 Å². The maximum atomic E-state index is 13.7. The maximum absolute atomic E-state index is 13.7. The summed E-state index contributed by atoms with van der Waals surface area (Å²) in [5, 5.41) is -0.666. The largest absolute Gasteiger partial charge is 0.465 e. The van der Waals surface area contributed by atoms with E-state index in [9.17, 15) is 26.7 Å². The van der Waals surface area contributed by atoms with E-state index in [-0.39, 0.29) is 12.7 Å². The third-order valence-corrected chi connectivity index (χ3v) is 2.91. The summed E-state index contributed by atoms with van der Waals surface area (Å²) in [6.45, 7) is 1.53. The Kier molecular flexibility index (Phi) is 5.52. The van der Waals surface area contributed by atoms with Gasteiger partial charge in [-0.2, -0.15) is 13.2 Å². The average molecular weight is 332 g/mol. The highest BCUT2D eigenvalue weighted by Gasteiger charge is 2.37. The van der Waals surface area contributed by atoms with Gasteiger partial charge in [-0.3, -0.25) is 4.79 Å². The monoisotopic (exact) mass is 331 g/mol. The summed E-state index contributed by atoms with van der Waals surface area (Å²) in [5.41, 5.74) is 2.97. The van der Waals surface area contributed by atoms with Gasteiger partial charge in [0.15, 0.2) is 11.6 Å². The van der Waals surface area contributed by atoms with Gasteiger partial charge in [-0.1, -0.05) is 11.6 Å². The first kappa shape index (κ1) is 17.6. The number of hydrogen-bond acceptors (Lipinski definition) is 3. The Morgan fingerprint density at radius 2 is 1.95 bits per heavy atom. The van der Waals surface area contributed by atoms with Crippen molar-refractivity contribution in [2.45, 2.75) is 25.6 Å². The van der Waals surface area contributed by atoms with Crippen LogP contribution in [0.4, 0.5) is 22.0 Å². The molecule has 0 aliphatic carbocycles. The van der Waals surface area contributed by atoms with Crippen molar-refractivity contribution in [3.05, 3.63) is 33.9 Å². The van der Waals surface area contributed by atoms with Gasteiger partial charge in [-0.05, 0) is 13.0 Å². The Morgan fingerprint density at radius 3 is 2.43 bits per heavy atom. The fraction of sp³-hybridized carbons (Fsp3) is 0.417. The normalized spacial score (nSPS) is 13.1. The molecule has 2 N–H and O–H groups in total. The molecule has 1 rings (SSSR count). The second-order valence-electron chi connectivity index (χ2n) is 4.07. The van der Waals surface area contributed by atoms with Gasteiger partial charge < -0.3 is 10.5 Å². The zero-order valence-electron chi connectivity index (χ0n) is 10.7. The van der Waals surface area contributed by atoms with Crippen molar-refractivity contribution in [1.29, 1.82) is 0 Å². The molecule has 1 aromatic carbocycles. The number of hydrogen-bond donors (Lipinski definition) is 1. The molecule has 0 saturated carbocycles. The van der Waals surface area contributed by atoms with Crippen LogP contribution in [0.3, 0.4) is 0 Å². The highest BCUT2D eigenvalue weighted by Crippen LogP contribution is 2.36. The fourth-order valence-electron chi connectivity index (χ4n) is 1.58. The van der Waals surface area contributed by atoms with Crippen molar-refractivity contribution < 1.29 is 31.5 Å². The van der Waals surface area contributed by atoms with Crippen LogP contribution in [0.1, 0.15) is 18.1 Å². The van der Waals surface area contributed by atoms with Crippen LogP contribution in [-0.2, 0) is 22.1 Å². The summed E-state index contributed by atoms with van der Waals surface area (Å²) in [5.74, 6) is -4.76. The number of carbonyl (C=O) groups is 1. The Hall–Kier alpha value is -1.41. The molecule has 0 radical (unpaired) electrons. The smallest absolute Gasteiger partial charge is 0.419 e. The summed E-state index contributed by atoms with van der Waals surface area (Å²) in [6.07, 6.45) is -5.67. The van der Waals surface area contributed by atoms with Gasteiger partial charge in [-0.25, -0.2) is 8.78 Å². The Balaban J connectivity index is 3.16. The summed E-state index contributed by atoms with van der Waals surface area (Å²) in [6, 6.07) is -1.11. The Labute approximate surface area is 121 Å². The molecule has 0 bridgehead atoms. The molecule has 3 nitrogen and oxygen atoms in total. The first-order chi connectivity index (χ1) is 9.59. The molecular weight excluding hydrogens is 321 g/mol. The number of esters is 1. The van der Waals surface area contributed by atoms with Crippen LogP contribution in [0.15, 0.2) is 6.07 Å². The maximum Gasteiger partial charge on any atom is 0.419 e. The van der Waals surface area contributed by atoms with Crippen molar-refractivity contribution >= 4 is 17.6 Å². The standard InChI is InChI=1S/C12H11ClF5NO2/c1-2-21-11(20)8(19)3-5-7(13)4-6(12(16,17)18)10(15)9(5)14/h4,8H,2-3,19H2,1H3. The molecule has 0 fully saturated rings. The third kappa shape index (κ3) is 4.04. The van der Waals surface area contributed by atoms with E-state index in [1.54, 1.807) is 0 Å². The zero-order valence-corrected chi connectivity index (χ0v) is 11.5. The third-order valence-electron chi connectivity index (χ3n) is 2.57. The molecule has 1 aromatic rings. The predicted octanol–water partition coefficient (Wildman–Crippen LogP) is 3.07. The van der Waals surface area contributed by atoms with Gasteiger partial charge in [0, 0.05) is 17.0 Å². The predicted molar refractivity (Wildman–Crippen MR) is 64.7 cm³/mol. The summed E-state index contributed by atoms with van der Waals surface area (Å²) in [4.78, 5) is 11.3. The first-order valence-corrected chi connectivity index (χ1v) is 6.13. The van der Waals surface area contributed by atoms with Crippen LogP contribution < -0.4 is 5.73 Å². The molecule has 9 heteroatoms. The molecule has 0 heterocycles. The lowest BCUT2D eigenvalue weighted by Gasteiger charge is -2.15. The minimum atomic E-state index is -5.09. The second-order valence-corrected chi connectivity index (χ2v) is 4.48. The average Bonchev–Trinajstić information content (AvgIpc) is 2.37. The van der Waals surface area contributed by atoms with E-state index >= 15 is 0 Å². The number of ether oxygens (including phenoxy) is 1. The second kappa shape index (κ2) is 6.57. The highest BCUT2D eigenvalue weighted by molar-refractivity contribution is 6.31. The number of alkyl halides is 3. The lowest BCUT2D eigenvalue weighted by molar-refractivity contribution is -0.144. The molecule has 21 heavy (non-hydrogen) atoms. The number of rotatable bonds is 4. The Bertz CT molecular complexity index is 547. The molecular formula is C12H11ClF5NO2. The van der Waals surface area contributed by atoms with Crippen molar-refractivity contribution in [1.82, 2.24) is 0 Å². The van der Waals surface area contributed by atoms with Crippen LogP contribution in [0.5, 0.6) is 0 Å². The van der Waals surface area contributed by atoms with Crippen LogP contribution in [-0.4, -0.2) is 18.6 Å². The van der Waals surface area contributed by atoms with Crippen molar-refractivity contribution in [3.8, 4) is 0 Å². The van der Waals surface area contributed by atoms with Gasteiger partial charge in [0.05, 0.1) is 12.2 Å². The Morgan fingerprint density at radius 1 is 1.38 bits per heavy atom. The first-order valence-electron chi connectivity index (χ1n) is 5.75. The number of benzene rings is 1. The molecule has 1 unspecified atom stereocenters. The fourth-order valence-corrected chi connectivity index (χ4v) is 1.85. The van der Waals surface area contributed by atoms with Crippen molar-refractivity contribution in [2.75, 3.05) is 6.61 Å². The lowest BCUT2D eigenvalue weighted by Crippen LogP contribution is -2.35. The van der Waals surface area contributed by atoms with Gasteiger partial charge >= 0.3 is 12.1 Å². The minimum absolute atomic E-state index is 0.0180. The van der Waals surface area contributed by atoms with E-state index in [0.29, 0.717) is 0 Å². The van der Waals surface area contributed by atoms with E-state index in [4.69, 9.17) is 17.3 Å². The van der Waals surface area contributed by atoms with Gasteiger partial charge in [0.25, 0.3) is 0 Å². The van der Waals surface area contributed by atoms with Crippen LogP contribution in [0, 0.1) is 11.6 Å². The molecule has 0 aromatic heterocycles. The van der Waals surface area contributed by atoms with Crippen LogP contribution >= 0.6 is 11.6 Å². The SMILES string of the molecule is CCOC(=O)C(N)Cc1c(Cl)cc(C(F)(F)F)c(F)c1F. The summed E-state index contributed by atoms with van der Waals surface area (Å²) in [7, 11) is 0. The highest BCUT2D eigenvalue weighted by atomic mass is 35.5. The molecule has 0 spiro atoms. The van der Waals surface area contributed by atoms with E-state index in [2.05, 4.69) is 4.74 Å². The summed E-state index contributed by atoms with van der Waals surface area (Å²) < 4.78 is 69.1. The molecule has 0 aliphatic rings. The van der Waals surface area contributed by atoms with E-state index in [1.165, 1.54) is 6.92 Å². The topological polar surface area (TPSA) is 52.3 Å². The summed E-state index contributed by atoms with van der Waals surface area (Å²) >= 11 is 5.52. The molecule has 1 atom stereocenters. The molecule has 0 aliphatic heterocycles. The zero-order chi connectivity index (χ0) is 16.4. The molecule has 118 valence electrons. The molecule has 0 amide bonds. The number of halogens is 6. The molecule has 0 saturated heterocycles. The minimum Gasteiger partial charge on any atom is -0.465 e. The van der Waals surface area contributed by atoms with Crippen LogP contribution in [0.2, 0.25) is 5.02 Å². The van der Waals surface area contributed by atoms with Gasteiger partial charge in [0.2, 0.25) is 0 Å². The van der Waals surface area contributed by atoms with E-state index in [1.807, 2.05) is 0 Å². The van der Waals surface area contributed by atoms with E-state index in [0.717, 1.165) is 0 Å². The number of carbonyl (C=O) groups excluding carboxylic acids is 1. The van der Waals surface area contributed by atoms with Gasteiger partial charge in [0.1, 0.15) is 6.04 Å².